The van der Waals surface area contributed by atoms with Gasteiger partial charge in [-0.2, -0.15) is 0 Å². The number of carbonyl (C=O) groups is 1. The summed E-state index contributed by atoms with van der Waals surface area (Å²) in [4.78, 5) is 17.6. The van der Waals surface area contributed by atoms with Gasteiger partial charge in [0.15, 0.2) is 11.5 Å². The zero-order valence-electron chi connectivity index (χ0n) is 15.8. The molecule has 4 nitrogen and oxygen atoms in total. The molecule has 4 rings (SSSR count). The molecule has 6 heteroatoms. The summed E-state index contributed by atoms with van der Waals surface area (Å²) in [5, 5.41) is 4.19. The second-order valence-electron chi connectivity index (χ2n) is 6.45. The maximum Gasteiger partial charge on any atom is 0.247 e. The van der Waals surface area contributed by atoms with Crippen LogP contribution in [0.2, 0.25) is 0 Å². The van der Waals surface area contributed by atoms with Crippen molar-refractivity contribution in [2.75, 3.05) is 20.8 Å². The lowest BCUT2D eigenvalue weighted by atomic mass is 9.98. The van der Waals surface area contributed by atoms with Gasteiger partial charge in [0.05, 0.1) is 20.3 Å². The molecule has 0 N–H and O–H groups in total. The molecule has 0 spiro atoms. The number of nitrogens with zero attached hydrogens (tertiary/aromatic N) is 1. The largest absolute Gasteiger partial charge is 0.493 e. The van der Waals surface area contributed by atoms with Gasteiger partial charge in [-0.1, -0.05) is 12.1 Å². The number of thiophene rings is 2. The molecule has 0 saturated heterocycles. The van der Waals surface area contributed by atoms with E-state index >= 15 is 0 Å². The maximum atomic E-state index is 13.1. The Morgan fingerprint density at radius 2 is 1.96 bits per heavy atom. The van der Waals surface area contributed by atoms with Crippen molar-refractivity contribution in [2.45, 2.75) is 12.5 Å². The quantitative estimate of drug-likeness (QED) is 0.554. The van der Waals surface area contributed by atoms with E-state index < -0.39 is 0 Å². The van der Waals surface area contributed by atoms with E-state index in [1.165, 1.54) is 15.3 Å². The van der Waals surface area contributed by atoms with E-state index in [-0.39, 0.29) is 11.9 Å². The summed E-state index contributed by atoms with van der Waals surface area (Å²) >= 11 is 3.48. The second-order valence-corrected chi connectivity index (χ2v) is 8.43. The van der Waals surface area contributed by atoms with E-state index in [0.717, 1.165) is 18.5 Å². The van der Waals surface area contributed by atoms with Crippen molar-refractivity contribution in [1.29, 1.82) is 0 Å². The molecule has 0 aliphatic carbocycles. The van der Waals surface area contributed by atoms with Gasteiger partial charge in [0.2, 0.25) is 5.91 Å². The maximum absolute atomic E-state index is 13.1. The van der Waals surface area contributed by atoms with Crippen molar-refractivity contribution in [3.63, 3.8) is 0 Å². The van der Waals surface area contributed by atoms with E-state index in [2.05, 4.69) is 22.9 Å². The lowest BCUT2D eigenvalue weighted by Gasteiger charge is -2.34. The topological polar surface area (TPSA) is 38.8 Å². The molecular formula is C22H21NO3S2. The zero-order chi connectivity index (χ0) is 19.5. The Bertz CT molecular complexity index is 991. The summed E-state index contributed by atoms with van der Waals surface area (Å²) < 4.78 is 10.6. The number of amides is 1. The van der Waals surface area contributed by atoms with Crippen LogP contribution < -0.4 is 9.47 Å². The predicted octanol–water partition coefficient (Wildman–Crippen LogP) is 5.01. The molecule has 0 fully saturated rings. The zero-order valence-corrected chi connectivity index (χ0v) is 17.4. The monoisotopic (exact) mass is 411 g/mol. The molecule has 0 radical (unpaired) electrons. The average molecular weight is 412 g/mol. The van der Waals surface area contributed by atoms with E-state index in [9.17, 15) is 4.79 Å². The summed E-state index contributed by atoms with van der Waals surface area (Å²) in [6, 6.07) is 11.9. The van der Waals surface area contributed by atoms with Gasteiger partial charge in [0.1, 0.15) is 0 Å². The molecule has 3 aromatic rings. The van der Waals surface area contributed by atoms with Crippen LogP contribution in [-0.4, -0.2) is 31.6 Å². The first kappa shape index (κ1) is 18.8. The summed E-state index contributed by atoms with van der Waals surface area (Å²) in [6.07, 6.45) is 4.39. The highest BCUT2D eigenvalue weighted by molar-refractivity contribution is 7.10. The smallest absolute Gasteiger partial charge is 0.247 e. The Morgan fingerprint density at radius 1 is 1.11 bits per heavy atom. The van der Waals surface area contributed by atoms with Gasteiger partial charge in [0, 0.05) is 22.4 Å². The summed E-state index contributed by atoms with van der Waals surface area (Å²) in [5.41, 5.74) is 2.15. The minimum atomic E-state index is -0.00227. The van der Waals surface area contributed by atoms with Crippen LogP contribution in [0.1, 0.15) is 26.9 Å². The highest BCUT2D eigenvalue weighted by Gasteiger charge is 2.32. The fourth-order valence-corrected chi connectivity index (χ4v) is 5.29. The molecule has 0 bridgehead atoms. The van der Waals surface area contributed by atoms with Crippen molar-refractivity contribution in [1.82, 2.24) is 4.90 Å². The number of carbonyl (C=O) groups excluding carboxylic acids is 1. The third-order valence-electron chi connectivity index (χ3n) is 4.89. The van der Waals surface area contributed by atoms with Crippen LogP contribution in [0.4, 0.5) is 0 Å². The van der Waals surface area contributed by atoms with Crippen LogP contribution in [-0.2, 0) is 11.2 Å². The van der Waals surface area contributed by atoms with Crippen molar-refractivity contribution < 1.29 is 14.3 Å². The Labute approximate surface area is 172 Å². The third-order valence-corrected chi connectivity index (χ3v) is 6.81. The first-order chi connectivity index (χ1) is 13.7. The molecule has 0 saturated carbocycles. The highest BCUT2D eigenvalue weighted by atomic mass is 32.1. The van der Waals surface area contributed by atoms with Crippen LogP contribution in [0, 0.1) is 0 Å². The highest BCUT2D eigenvalue weighted by Crippen LogP contribution is 2.39. The number of fused-ring (bicyclic) bond motifs is 1. The molecule has 1 unspecified atom stereocenters. The molecule has 2 aromatic heterocycles. The fourth-order valence-electron chi connectivity index (χ4n) is 3.53. The van der Waals surface area contributed by atoms with Crippen LogP contribution in [0.5, 0.6) is 11.5 Å². The van der Waals surface area contributed by atoms with Gasteiger partial charge < -0.3 is 14.4 Å². The standard InChI is InChI=1S/C22H21NO3S2/c1-25-17-7-5-15(14-18(17)26-2)6-8-21(24)23-11-9-19-16(10-13-28-19)22(23)20-4-3-12-27-20/h3-8,10,12-14,22H,9,11H2,1-2H3/b8-6+. The van der Waals surface area contributed by atoms with E-state index in [1.54, 1.807) is 43.0 Å². The molecule has 28 heavy (non-hydrogen) atoms. The Hall–Kier alpha value is -2.57. The van der Waals surface area contributed by atoms with E-state index in [0.29, 0.717) is 11.5 Å². The van der Waals surface area contributed by atoms with Crippen molar-refractivity contribution in [3.05, 3.63) is 74.1 Å². The van der Waals surface area contributed by atoms with Gasteiger partial charge in [-0.25, -0.2) is 0 Å². The van der Waals surface area contributed by atoms with Gasteiger partial charge in [-0.3, -0.25) is 4.79 Å². The number of rotatable bonds is 5. The molecule has 1 amide bonds. The first-order valence-corrected chi connectivity index (χ1v) is 10.8. The Morgan fingerprint density at radius 3 is 2.71 bits per heavy atom. The predicted molar refractivity (Wildman–Crippen MR) is 114 cm³/mol. The van der Waals surface area contributed by atoms with Crippen LogP contribution in [0.25, 0.3) is 6.08 Å². The number of hydrogen-bond donors (Lipinski definition) is 0. The van der Waals surface area contributed by atoms with Gasteiger partial charge in [-0.05, 0) is 58.6 Å². The molecular weight excluding hydrogens is 390 g/mol. The molecule has 1 atom stereocenters. The average Bonchev–Trinajstić information content (AvgIpc) is 3.42. The first-order valence-electron chi connectivity index (χ1n) is 9.01. The number of methoxy groups -OCH3 is 2. The van der Waals surface area contributed by atoms with Crippen molar-refractivity contribution >= 4 is 34.7 Å². The second kappa shape index (κ2) is 8.20. The molecule has 1 aliphatic rings. The molecule has 144 valence electrons. The normalized spacial score (nSPS) is 16.2. The van der Waals surface area contributed by atoms with Gasteiger partial charge in [0.25, 0.3) is 0 Å². The number of benzene rings is 1. The van der Waals surface area contributed by atoms with Gasteiger partial charge in [-0.15, -0.1) is 22.7 Å². The van der Waals surface area contributed by atoms with Gasteiger partial charge >= 0.3 is 0 Å². The Kier molecular flexibility index (Phi) is 5.50. The third kappa shape index (κ3) is 3.57. The van der Waals surface area contributed by atoms with Crippen LogP contribution in [0.3, 0.4) is 0 Å². The summed E-state index contributed by atoms with van der Waals surface area (Å²) in [5.74, 6) is 1.34. The van der Waals surface area contributed by atoms with E-state index in [4.69, 9.17) is 9.47 Å². The number of ether oxygens (including phenoxy) is 2. The SMILES string of the molecule is COc1ccc(/C=C/C(=O)N2CCc3sccc3C2c2cccs2)cc1OC. The van der Waals surface area contributed by atoms with Crippen molar-refractivity contribution in [2.24, 2.45) is 0 Å². The van der Waals surface area contributed by atoms with E-state index in [1.807, 2.05) is 35.2 Å². The van der Waals surface area contributed by atoms with Crippen molar-refractivity contribution in [3.8, 4) is 11.5 Å². The van der Waals surface area contributed by atoms with Crippen LogP contribution in [0.15, 0.2) is 53.2 Å². The lowest BCUT2D eigenvalue weighted by Crippen LogP contribution is -2.38. The summed E-state index contributed by atoms with van der Waals surface area (Å²) in [6.45, 7) is 0.727. The van der Waals surface area contributed by atoms with Crippen LogP contribution >= 0.6 is 22.7 Å². The minimum absolute atomic E-state index is 0.00227. The molecule has 1 aliphatic heterocycles. The fraction of sp³-hybridized carbons (Fsp3) is 0.227. The summed E-state index contributed by atoms with van der Waals surface area (Å²) in [7, 11) is 3.21. The molecule has 1 aromatic carbocycles. The number of hydrogen-bond acceptors (Lipinski definition) is 5. The minimum Gasteiger partial charge on any atom is -0.493 e. The Balaban J connectivity index is 1.60. The molecule has 3 heterocycles. The lowest BCUT2D eigenvalue weighted by molar-refractivity contribution is -0.127.